The van der Waals surface area contributed by atoms with Gasteiger partial charge in [-0.25, -0.2) is 4.39 Å². The van der Waals surface area contributed by atoms with Gasteiger partial charge in [-0.2, -0.15) is 0 Å². The molecule has 1 N–H and O–H groups in total. The zero-order chi connectivity index (χ0) is 19.7. The van der Waals surface area contributed by atoms with Crippen LogP contribution in [-0.2, 0) is 0 Å². The van der Waals surface area contributed by atoms with Crippen LogP contribution in [0.3, 0.4) is 0 Å². The summed E-state index contributed by atoms with van der Waals surface area (Å²) in [5, 5.41) is 3.49. The Balaban J connectivity index is 1.43. The van der Waals surface area contributed by atoms with Crippen molar-refractivity contribution < 1.29 is 27.1 Å². The van der Waals surface area contributed by atoms with Gasteiger partial charge in [-0.1, -0.05) is 6.07 Å². The van der Waals surface area contributed by atoms with Crippen LogP contribution in [0.1, 0.15) is 35.4 Å². The maximum absolute atomic E-state index is 13.9. The number of nitrogens with one attached hydrogen (secondary N) is 1. The van der Waals surface area contributed by atoms with Crippen LogP contribution in [-0.4, -0.2) is 41.8 Å². The molecule has 3 saturated heterocycles. The van der Waals surface area contributed by atoms with Crippen molar-refractivity contribution in [1.29, 1.82) is 0 Å². The maximum Gasteiger partial charge on any atom is 0.573 e. The van der Waals surface area contributed by atoms with Crippen LogP contribution < -0.4 is 10.1 Å². The van der Waals surface area contributed by atoms with Crippen LogP contribution in [0.25, 0.3) is 10.1 Å². The van der Waals surface area contributed by atoms with Crippen LogP contribution in [0.4, 0.5) is 17.6 Å². The van der Waals surface area contributed by atoms with Gasteiger partial charge in [0.15, 0.2) is 11.6 Å². The summed E-state index contributed by atoms with van der Waals surface area (Å²) in [5.74, 6) is -1.86. The van der Waals surface area contributed by atoms with E-state index in [1.165, 1.54) is 12.1 Å². The van der Waals surface area contributed by atoms with E-state index in [-0.39, 0.29) is 27.1 Å². The number of carbonyl (C=O) groups excluding carboxylic acids is 1. The van der Waals surface area contributed by atoms with E-state index < -0.39 is 17.9 Å². The van der Waals surface area contributed by atoms with E-state index in [9.17, 15) is 22.4 Å². The highest BCUT2D eigenvalue weighted by molar-refractivity contribution is 7.21. The van der Waals surface area contributed by atoms with Gasteiger partial charge in [-0.3, -0.25) is 9.69 Å². The lowest BCUT2D eigenvalue weighted by Crippen LogP contribution is -2.65. The van der Waals surface area contributed by atoms with Gasteiger partial charge >= 0.3 is 6.36 Å². The van der Waals surface area contributed by atoms with Gasteiger partial charge in [-0.05, 0) is 62.2 Å². The molecular formula is C19H18F4N2O2S. The third-order valence-corrected chi connectivity index (χ3v) is 7.45. The van der Waals surface area contributed by atoms with Gasteiger partial charge in [0.05, 0.1) is 15.6 Å². The summed E-state index contributed by atoms with van der Waals surface area (Å²) in [6.07, 6.45) is -0.775. The topological polar surface area (TPSA) is 41.6 Å². The maximum atomic E-state index is 13.9. The zero-order valence-corrected chi connectivity index (χ0v) is 15.6. The van der Waals surface area contributed by atoms with Crippen LogP contribution in [0.2, 0.25) is 0 Å². The molecule has 4 aliphatic rings. The second kappa shape index (κ2) is 6.06. The second-order valence-electron chi connectivity index (χ2n) is 7.83. The van der Waals surface area contributed by atoms with Gasteiger partial charge in [0.1, 0.15) is 0 Å². The first-order valence-corrected chi connectivity index (χ1v) is 10.1. The predicted molar refractivity (Wildman–Crippen MR) is 96.0 cm³/mol. The molecule has 1 aliphatic carbocycles. The minimum absolute atomic E-state index is 0.0162. The summed E-state index contributed by atoms with van der Waals surface area (Å²) >= 11 is 0.825. The summed E-state index contributed by atoms with van der Waals surface area (Å²) in [4.78, 5) is 15.6. The number of benzene rings is 1. The van der Waals surface area contributed by atoms with Crippen molar-refractivity contribution >= 4 is 27.3 Å². The number of carbonyl (C=O) groups is 1. The standard InChI is InChI=1S/C19H18F4N2O2S/c20-12-2-1-11-9-13(28-15(11)14(12)27-19(21,22)23)17(26)24-16-10-3-7-25(8-4-10)18(16)5-6-18/h1-2,9-10,16H,3-8H2,(H,24,26)/t16-/m0/s1. The van der Waals surface area contributed by atoms with E-state index in [1.54, 1.807) is 0 Å². The predicted octanol–water partition coefficient (Wildman–Crippen LogP) is 4.30. The van der Waals surface area contributed by atoms with Gasteiger partial charge < -0.3 is 10.1 Å². The summed E-state index contributed by atoms with van der Waals surface area (Å²) in [7, 11) is 0. The molecule has 6 rings (SSSR count). The minimum atomic E-state index is -5.00. The number of fused-ring (bicyclic) bond motifs is 3. The molecule has 0 unspecified atom stereocenters. The monoisotopic (exact) mass is 414 g/mol. The Morgan fingerprint density at radius 1 is 1.25 bits per heavy atom. The lowest BCUT2D eigenvalue weighted by molar-refractivity contribution is -0.275. The number of halogens is 4. The summed E-state index contributed by atoms with van der Waals surface area (Å²) in [6.45, 7) is 2.13. The van der Waals surface area contributed by atoms with Gasteiger partial charge in [0.2, 0.25) is 0 Å². The van der Waals surface area contributed by atoms with Crippen LogP contribution >= 0.6 is 11.3 Å². The van der Waals surface area contributed by atoms with E-state index in [1.807, 2.05) is 0 Å². The zero-order valence-electron chi connectivity index (χ0n) is 14.8. The summed E-state index contributed by atoms with van der Waals surface area (Å²) in [6, 6.07) is 3.84. The third-order valence-electron chi connectivity index (χ3n) is 6.30. The lowest BCUT2D eigenvalue weighted by atomic mass is 9.77. The smallest absolute Gasteiger partial charge is 0.401 e. The van der Waals surface area contributed by atoms with Crippen molar-refractivity contribution in [2.24, 2.45) is 5.92 Å². The van der Waals surface area contributed by atoms with E-state index in [0.29, 0.717) is 11.3 Å². The molecule has 2 aromatic rings. The fourth-order valence-corrected chi connectivity index (χ4v) is 5.94. The van der Waals surface area contributed by atoms with Gasteiger partial charge in [-0.15, -0.1) is 24.5 Å². The van der Waals surface area contributed by atoms with Crippen molar-refractivity contribution in [2.75, 3.05) is 13.1 Å². The normalized spacial score (nSPS) is 27.9. The molecule has 9 heteroatoms. The average molecular weight is 414 g/mol. The van der Waals surface area contributed by atoms with Gasteiger partial charge in [0, 0.05) is 5.54 Å². The lowest BCUT2D eigenvalue weighted by Gasteiger charge is -2.52. The molecule has 1 spiro atoms. The molecule has 1 saturated carbocycles. The van der Waals surface area contributed by atoms with E-state index >= 15 is 0 Å². The highest BCUT2D eigenvalue weighted by Gasteiger charge is 2.60. The average Bonchev–Trinajstić information content (AvgIpc) is 3.29. The number of hydrogen-bond acceptors (Lipinski definition) is 4. The number of nitrogens with zero attached hydrogens (tertiary/aromatic N) is 1. The van der Waals surface area contributed by atoms with Crippen molar-refractivity contribution in [2.45, 2.75) is 43.6 Å². The molecule has 1 amide bonds. The highest BCUT2D eigenvalue weighted by atomic mass is 32.1. The third kappa shape index (κ3) is 2.86. The van der Waals surface area contributed by atoms with E-state index in [4.69, 9.17) is 0 Å². The van der Waals surface area contributed by atoms with E-state index in [0.717, 1.165) is 56.2 Å². The number of piperidine rings is 3. The first-order valence-electron chi connectivity index (χ1n) is 9.30. The quantitative estimate of drug-likeness (QED) is 0.762. The molecule has 2 bridgehead atoms. The van der Waals surface area contributed by atoms with Gasteiger partial charge in [0.25, 0.3) is 5.91 Å². The Kier molecular flexibility index (Phi) is 3.94. The molecule has 1 aromatic carbocycles. The molecule has 4 fully saturated rings. The SMILES string of the molecule is O=C(N[C@H]1C2CCN(CC2)C12CC2)c1cc2ccc(F)c(OC(F)(F)F)c2s1. The Morgan fingerprint density at radius 2 is 1.96 bits per heavy atom. The molecule has 28 heavy (non-hydrogen) atoms. The summed E-state index contributed by atoms with van der Waals surface area (Å²) in [5.41, 5.74) is 0.0597. The molecule has 3 aliphatic heterocycles. The first kappa shape index (κ1) is 18.2. The number of rotatable bonds is 3. The summed E-state index contributed by atoms with van der Waals surface area (Å²) < 4.78 is 55.7. The van der Waals surface area contributed by atoms with Crippen molar-refractivity contribution in [3.63, 3.8) is 0 Å². The molecule has 0 radical (unpaired) electrons. The van der Waals surface area contributed by atoms with Crippen LogP contribution in [0, 0.1) is 11.7 Å². The fraction of sp³-hybridized carbons (Fsp3) is 0.526. The first-order chi connectivity index (χ1) is 13.3. The molecule has 4 heterocycles. The number of amides is 1. The fourth-order valence-electron chi connectivity index (χ4n) is 4.91. The Labute approximate surface area is 162 Å². The van der Waals surface area contributed by atoms with Crippen molar-refractivity contribution in [1.82, 2.24) is 10.2 Å². The molecular weight excluding hydrogens is 396 g/mol. The highest BCUT2D eigenvalue weighted by Crippen LogP contribution is 2.53. The number of alkyl halides is 3. The minimum Gasteiger partial charge on any atom is -0.401 e. The Bertz CT molecular complexity index is 945. The number of hydrogen-bond donors (Lipinski definition) is 1. The Morgan fingerprint density at radius 3 is 2.61 bits per heavy atom. The van der Waals surface area contributed by atoms with Crippen LogP contribution in [0.5, 0.6) is 5.75 Å². The molecule has 1 atom stereocenters. The van der Waals surface area contributed by atoms with Crippen molar-refractivity contribution in [3.8, 4) is 5.75 Å². The molecule has 4 nitrogen and oxygen atoms in total. The molecule has 1 aromatic heterocycles. The molecule has 150 valence electrons. The number of thiophene rings is 1. The van der Waals surface area contributed by atoms with E-state index in [2.05, 4.69) is 15.0 Å². The largest absolute Gasteiger partial charge is 0.573 e. The van der Waals surface area contributed by atoms with Crippen molar-refractivity contribution in [3.05, 3.63) is 28.9 Å². The van der Waals surface area contributed by atoms with Crippen LogP contribution in [0.15, 0.2) is 18.2 Å². The second-order valence-corrected chi connectivity index (χ2v) is 8.88. The Hall–Kier alpha value is -1.87. The number of ether oxygens (including phenoxy) is 1.